The van der Waals surface area contributed by atoms with E-state index in [0.717, 1.165) is 19.7 Å². The molecule has 1 fully saturated rings. The molecule has 1 saturated carbocycles. The van der Waals surface area contributed by atoms with Crippen molar-refractivity contribution in [2.24, 2.45) is 5.41 Å². The van der Waals surface area contributed by atoms with Crippen molar-refractivity contribution in [2.45, 2.75) is 45.8 Å². The van der Waals surface area contributed by atoms with Gasteiger partial charge in [-0.3, -0.25) is 0 Å². The predicted molar refractivity (Wildman–Crippen MR) is 68.8 cm³/mol. The molecule has 0 bridgehead atoms. The van der Waals surface area contributed by atoms with Gasteiger partial charge in [-0.25, -0.2) is 0 Å². The highest BCUT2D eigenvalue weighted by molar-refractivity contribution is 5.04. The number of rotatable bonds is 7. The molecule has 3 atom stereocenters. The van der Waals surface area contributed by atoms with E-state index in [9.17, 15) is 0 Å². The minimum atomic E-state index is 0.336. The Kier molecular flexibility index (Phi) is 5.22. The third-order valence-electron chi connectivity index (χ3n) is 4.06. The van der Waals surface area contributed by atoms with E-state index in [0.29, 0.717) is 17.6 Å². The molecule has 0 aromatic carbocycles. The van der Waals surface area contributed by atoms with Gasteiger partial charge in [-0.2, -0.15) is 0 Å². The monoisotopic (exact) mass is 228 g/mol. The van der Waals surface area contributed by atoms with Gasteiger partial charge in [-0.05, 0) is 33.9 Å². The Balaban J connectivity index is 2.34. The highest BCUT2D eigenvalue weighted by atomic mass is 16.5. The molecule has 0 saturated heterocycles. The summed E-state index contributed by atoms with van der Waals surface area (Å²) >= 11 is 0. The Labute approximate surface area is 101 Å². The second-order valence-corrected chi connectivity index (χ2v) is 5.35. The zero-order valence-electron chi connectivity index (χ0n) is 11.5. The maximum atomic E-state index is 5.79. The zero-order chi connectivity index (χ0) is 12.2. The Hall–Kier alpha value is -0.120. The van der Waals surface area contributed by atoms with Crippen LogP contribution in [0.2, 0.25) is 0 Å². The number of likely N-dealkylation sites (N-methyl/N-ethyl adjacent to an activating group) is 1. The SMILES string of the molecule is CCOC1CC(NCCN(C)C)C1(C)CC. The second kappa shape index (κ2) is 5.99. The molecule has 1 aliphatic rings. The molecule has 1 aliphatic carbocycles. The summed E-state index contributed by atoms with van der Waals surface area (Å²) in [5.74, 6) is 0. The molecule has 3 nitrogen and oxygen atoms in total. The summed E-state index contributed by atoms with van der Waals surface area (Å²) in [4.78, 5) is 2.22. The van der Waals surface area contributed by atoms with Gasteiger partial charge in [0, 0.05) is 31.2 Å². The fraction of sp³-hybridized carbons (Fsp3) is 1.00. The fourth-order valence-corrected chi connectivity index (χ4v) is 2.53. The van der Waals surface area contributed by atoms with Crippen LogP contribution in [0, 0.1) is 5.41 Å². The van der Waals surface area contributed by atoms with E-state index in [1.54, 1.807) is 0 Å². The van der Waals surface area contributed by atoms with E-state index in [2.05, 4.69) is 45.1 Å². The van der Waals surface area contributed by atoms with E-state index in [-0.39, 0.29) is 0 Å². The van der Waals surface area contributed by atoms with Crippen molar-refractivity contribution >= 4 is 0 Å². The third kappa shape index (κ3) is 2.96. The quantitative estimate of drug-likeness (QED) is 0.718. The lowest BCUT2D eigenvalue weighted by atomic mass is 9.61. The predicted octanol–water partition coefficient (Wildman–Crippen LogP) is 1.73. The molecule has 3 unspecified atom stereocenters. The first kappa shape index (κ1) is 13.9. The first-order valence-corrected chi connectivity index (χ1v) is 6.54. The molecule has 16 heavy (non-hydrogen) atoms. The van der Waals surface area contributed by atoms with Crippen molar-refractivity contribution in [3.05, 3.63) is 0 Å². The Bertz CT molecular complexity index is 208. The minimum Gasteiger partial charge on any atom is -0.378 e. The summed E-state index contributed by atoms with van der Waals surface area (Å²) in [6.07, 6.45) is 2.82. The zero-order valence-corrected chi connectivity index (χ0v) is 11.5. The largest absolute Gasteiger partial charge is 0.378 e. The maximum Gasteiger partial charge on any atom is 0.0658 e. The lowest BCUT2D eigenvalue weighted by Gasteiger charge is -2.54. The topological polar surface area (TPSA) is 24.5 Å². The summed E-state index contributed by atoms with van der Waals surface area (Å²) < 4.78 is 5.79. The highest BCUT2D eigenvalue weighted by Gasteiger charge is 2.50. The number of nitrogens with zero attached hydrogens (tertiary/aromatic N) is 1. The van der Waals surface area contributed by atoms with Gasteiger partial charge in [0.1, 0.15) is 0 Å². The third-order valence-corrected chi connectivity index (χ3v) is 4.06. The van der Waals surface area contributed by atoms with Gasteiger partial charge in [0.25, 0.3) is 0 Å². The molecule has 0 amide bonds. The lowest BCUT2D eigenvalue weighted by Crippen LogP contribution is -2.62. The van der Waals surface area contributed by atoms with Gasteiger partial charge < -0.3 is 15.0 Å². The average molecular weight is 228 g/mol. The summed E-state index contributed by atoms with van der Waals surface area (Å²) in [6.45, 7) is 9.73. The summed E-state index contributed by atoms with van der Waals surface area (Å²) in [5, 5.41) is 3.66. The summed E-state index contributed by atoms with van der Waals surface area (Å²) in [6, 6.07) is 0.633. The van der Waals surface area contributed by atoms with E-state index >= 15 is 0 Å². The molecule has 96 valence electrons. The van der Waals surface area contributed by atoms with Crippen LogP contribution < -0.4 is 5.32 Å². The van der Waals surface area contributed by atoms with Gasteiger partial charge in [0.05, 0.1) is 6.10 Å². The van der Waals surface area contributed by atoms with Crippen molar-refractivity contribution in [2.75, 3.05) is 33.8 Å². The number of hydrogen-bond acceptors (Lipinski definition) is 3. The molecular weight excluding hydrogens is 200 g/mol. The van der Waals surface area contributed by atoms with Crippen LogP contribution in [-0.2, 0) is 4.74 Å². The van der Waals surface area contributed by atoms with E-state index in [1.807, 2.05) is 0 Å². The standard InChI is InChI=1S/C13H28N2O/c1-6-13(3)11(10-12(13)16-7-2)14-8-9-15(4)5/h11-12,14H,6-10H2,1-5H3. The molecule has 1 N–H and O–H groups in total. The van der Waals surface area contributed by atoms with Crippen LogP contribution in [-0.4, -0.2) is 50.8 Å². The fourth-order valence-electron chi connectivity index (χ4n) is 2.53. The Morgan fingerprint density at radius 1 is 1.38 bits per heavy atom. The molecule has 0 heterocycles. The van der Waals surface area contributed by atoms with Crippen molar-refractivity contribution in [1.82, 2.24) is 10.2 Å². The van der Waals surface area contributed by atoms with Crippen molar-refractivity contribution < 1.29 is 4.74 Å². The Morgan fingerprint density at radius 2 is 2.06 bits per heavy atom. The van der Waals surface area contributed by atoms with E-state index in [4.69, 9.17) is 4.74 Å². The minimum absolute atomic E-state index is 0.336. The second-order valence-electron chi connectivity index (χ2n) is 5.35. The van der Waals surface area contributed by atoms with Crippen LogP contribution >= 0.6 is 0 Å². The van der Waals surface area contributed by atoms with Crippen LogP contribution in [0.5, 0.6) is 0 Å². The van der Waals surface area contributed by atoms with Crippen LogP contribution in [0.25, 0.3) is 0 Å². The summed E-state index contributed by atoms with van der Waals surface area (Å²) in [5.41, 5.74) is 0.336. The van der Waals surface area contributed by atoms with Crippen LogP contribution in [0.3, 0.4) is 0 Å². The van der Waals surface area contributed by atoms with Crippen LogP contribution in [0.1, 0.15) is 33.6 Å². The van der Waals surface area contributed by atoms with Gasteiger partial charge in [0.2, 0.25) is 0 Å². The Morgan fingerprint density at radius 3 is 2.56 bits per heavy atom. The van der Waals surface area contributed by atoms with E-state index < -0.39 is 0 Å². The number of ether oxygens (including phenoxy) is 1. The summed E-state index contributed by atoms with van der Waals surface area (Å²) in [7, 11) is 4.23. The average Bonchev–Trinajstić information content (AvgIpc) is 2.25. The molecular formula is C13H28N2O. The lowest BCUT2D eigenvalue weighted by molar-refractivity contribution is -0.125. The van der Waals surface area contributed by atoms with Crippen LogP contribution in [0.4, 0.5) is 0 Å². The molecule has 0 aromatic heterocycles. The first-order chi connectivity index (χ1) is 7.54. The maximum absolute atomic E-state index is 5.79. The molecule has 1 rings (SSSR count). The van der Waals surface area contributed by atoms with Gasteiger partial charge >= 0.3 is 0 Å². The molecule has 0 spiro atoms. The normalized spacial score (nSPS) is 34.1. The molecule has 0 radical (unpaired) electrons. The first-order valence-electron chi connectivity index (χ1n) is 6.54. The molecule has 3 heteroatoms. The highest BCUT2D eigenvalue weighted by Crippen LogP contribution is 2.45. The van der Waals surface area contributed by atoms with Crippen molar-refractivity contribution in [3.63, 3.8) is 0 Å². The molecule has 0 aliphatic heterocycles. The number of nitrogens with one attached hydrogen (secondary N) is 1. The van der Waals surface area contributed by atoms with E-state index in [1.165, 1.54) is 12.8 Å². The van der Waals surface area contributed by atoms with Crippen LogP contribution in [0.15, 0.2) is 0 Å². The van der Waals surface area contributed by atoms with Gasteiger partial charge in [0.15, 0.2) is 0 Å². The van der Waals surface area contributed by atoms with Gasteiger partial charge in [-0.1, -0.05) is 13.8 Å². The smallest absolute Gasteiger partial charge is 0.0658 e. The number of hydrogen-bond donors (Lipinski definition) is 1. The van der Waals surface area contributed by atoms with Crippen molar-refractivity contribution in [1.29, 1.82) is 0 Å². The van der Waals surface area contributed by atoms with Crippen molar-refractivity contribution in [3.8, 4) is 0 Å². The molecule has 0 aromatic rings. The van der Waals surface area contributed by atoms with Gasteiger partial charge in [-0.15, -0.1) is 0 Å².